The van der Waals surface area contributed by atoms with E-state index in [1.165, 1.54) is 24.3 Å². The zero-order valence-corrected chi connectivity index (χ0v) is 17.7. The number of fused-ring (bicyclic) bond motifs is 4. The fourth-order valence-corrected chi connectivity index (χ4v) is 6.19. The second-order valence-corrected chi connectivity index (χ2v) is 10.2. The van der Waals surface area contributed by atoms with Gasteiger partial charge in [-0.25, -0.2) is 12.7 Å². The number of pyridine rings is 1. The van der Waals surface area contributed by atoms with Gasteiger partial charge < -0.3 is 9.30 Å². The molecule has 2 bridgehead atoms. The van der Waals surface area contributed by atoms with E-state index in [4.69, 9.17) is 0 Å². The maximum absolute atomic E-state index is 13.2. The Morgan fingerprint density at radius 3 is 2.42 bits per heavy atom. The highest BCUT2D eigenvalue weighted by molar-refractivity contribution is 7.89. The molecule has 2 aliphatic heterocycles. The Kier molecular flexibility index (Phi) is 5.63. The Balaban J connectivity index is 1.62. The lowest BCUT2D eigenvalue weighted by Gasteiger charge is -2.42. The Morgan fingerprint density at radius 1 is 1.06 bits per heavy atom. The van der Waals surface area contributed by atoms with Crippen molar-refractivity contribution >= 4 is 10.0 Å². The summed E-state index contributed by atoms with van der Waals surface area (Å²) in [5.74, 6) is -0.235. The van der Waals surface area contributed by atoms with Gasteiger partial charge in [0.1, 0.15) is 5.75 Å². The highest BCUT2D eigenvalue weighted by Gasteiger charge is 2.39. The fraction of sp³-hybridized carbons (Fsp3) is 0.476. The number of nitrogens with zero attached hydrogens (tertiary/aromatic N) is 2. The van der Waals surface area contributed by atoms with E-state index < -0.39 is 16.4 Å². The Hall–Kier alpha value is -2.33. The van der Waals surface area contributed by atoms with Crippen LogP contribution in [0.4, 0.5) is 13.2 Å². The number of sulfonamides is 1. The van der Waals surface area contributed by atoms with Gasteiger partial charge in [0, 0.05) is 36.8 Å². The molecule has 10 heteroatoms. The number of alkyl halides is 3. The predicted octanol–water partition coefficient (Wildman–Crippen LogP) is 3.57. The van der Waals surface area contributed by atoms with Crippen molar-refractivity contribution in [3.05, 3.63) is 52.4 Å². The first-order chi connectivity index (χ1) is 14.6. The van der Waals surface area contributed by atoms with E-state index in [0.717, 1.165) is 12.1 Å². The summed E-state index contributed by atoms with van der Waals surface area (Å²) in [7, 11) is -3.30. The molecule has 2 aromatic rings. The molecule has 0 N–H and O–H groups in total. The summed E-state index contributed by atoms with van der Waals surface area (Å²) in [5, 5.41) is 0. The van der Waals surface area contributed by atoms with Crippen LogP contribution in [0.25, 0.3) is 11.1 Å². The Labute approximate surface area is 178 Å². The van der Waals surface area contributed by atoms with Gasteiger partial charge in [-0.1, -0.05) is 19.1 Å². The quantitative estimate of drug-likeness (QED) is 0.690. The molecule has 0 saturated carbocycles. The number of hydrogen-bond acceptors (Lipinski definition) is 4. The van der Waals surface area contributed by atoms with Gasteiger partial charge in [0.25, 0.3) is 5.56 Å². The maximum Gasteiger partial charge on any atom is 0.573 e. The van der Waals surface area contributed by atoms with E-state index in [1.54, 1.807) is 14.9 Å². The lowest BCUT2D eigenvalue weighted by Crippen LogP contribution is -2.49. The number of rotatable bonds is 5. The molecular formula is C21H23F3N2O4S. The first kappa shape index (κ1) is 21.9. The fourth-order valence-electron chi connectivity index (χ4n) is 4.57. The third kappa shape index (κ3) is 4.50. The van der Waals surface area contributed by atoms with Crippen LogP contribution in [0.3, 0.4) is 0 Å². The largest absolute Gasteiger partial charge is 0.573 e. The molecule has 6 nitrogen and oxygen atoms in total. The van der Waals surface area contributed by atoms with Crippen LogP contribution >= 0.6 is 0 Å². The molecule has 0 amide bonds. The second kappa shape index (κ2) is 7.98. The van der Waals surface area contributed by atoms with Crippen LogP contribution < -0.4 is 10.3 Å². The van der Waals surface area contributed by atoms with Gasteiger partial charge in [0.05, 0.1) is 5.75 Å². The second-order valence-electron chi connectivity index (χ2n) is 8.09. The van der Waals surface area contributed by atoms with Crippen molar-refractivity contribution in [2.24, 2.45) is 5.92 Å². The van der Waals surface area contributed by atoms with E-state index in [9.17, 15) is 26.4 Å². The standard InChI is InChI=1S/C21H23F3N2O4S/c1-2-9-31(28,29)25-11-14-10-16(13-25)19-8-7-18(20(27)26(19)12-14)15-3-5-17(6-4-15)30-21(22,23)24/h3-8,14,16H,2,9-13H2,1H3. The highest BCUT2D eigenvalue weighted by atomic mass is 32.2. The Morgan fingerprint density at radius 2 is 1.77 bits per heavy atom. The molecule has 1 aromatic carbocycles. The van der Waals surface area contributed by atoms with Crippen molar-refractivity contribution in [1.29, 1.82) is 0 Å². The first-order valence-corrected chi connectivity index (χ1v) is 11.8. The van der Waals surface area contributed by atoms with Gasteiger partial charge in [0.15, 0.2) is 0 Å². The van der Waals surface area contributed by atoms with Gasteiger partial charge in [0.2, 0.25) is 10.0 Å². The van der Waals surface area contributed by atoms with E-state index in [2.05, 4.69) is 4.74 Å². The number of aromatic nitrogens is 1. The van der Waals surface area contributed by atoms with E-state index in [0.29, 0.717) is 37.2 Å². The molecule has 0 spiro atoms. The van der Waals surface area contributed by atoms with Crippen LogP contribution in [0.2, 0.25) is 0 Å². The summed E-state index contributed by atoms with van der Waals surface area (Å²) in [6, 6.07) is 8.69. The van der Waals surface area contributed by atoms with Gasteiger partial charge in [-0.05, 0) is 48.6 Å². The van der Waals surface area contributed by atoms with Crippen LogP contribution in [0.5, 0.6) is 5.75 Å². The summed E-state index contributed by atoms with van der Waals surface area (Å²) in [4.78, 5) is 13.2. The molecule has 2 aliphatic rings. The van der Waals surface area contributed by atoms with Crippen LogP contribution in [0.1, 0.15) is 31.4 Å². The Bertz CT molecular complexity index is 1130. The summed E-state index contributed by atoms with van der Waals surface area (Å²) in [6.07, 6.45) is -3.38. The normalized spacial score (nSPS) is 21.5. The van der Waals surface area contributed by atoms with E-state index >= 15 is 0 Å². The molecule has 31 heavy (non-hydrogen) atoms. The van der Waals surface area contributed by atoms with Crippen LogP contribution in [-0.4, -0.2) is 42.5 Å². The summed E-state index contributed by atoms with van der Waals surface area (Å²) in [5.41, 5.74) is 1.47. The number of piperidine rings is 1. The van der Waals surface area contributed by atoms with Crippen molar-refractivity contribution < 1.29 is 26.3 Å². The smallest absolute Gasteiger partial charge is 0.406 e. The summed E-state index contributed by atoms with van der Waals surface area (Å²) in [6.45, 7) is 3.02. The van der Waals surface area contributed by atoms with Gasteiger partial charge in [-0.15, -0.1) is 13.2 Å². The molecule has 1 fully saturated rings. The topological polar surface area (TPSA) is 68.6 Å². The molecule has 1 aromatic heterocycles. The molecule has 0 aliphatic carbocycles. The molecule has 3 heterocycles. The molecule has 1 saturated heterocycles. The maximum atomic E-state index is 13.2. The van der Waals surface area contributed by atoms with Crippen molar-refractivity contribution in [2.45, 2.75) is 38.6 Å². The van der Waals surface area contributed by atoms with Crippen molar-refractivity contribution in [2.75, 3.05) is 18.8 Å². The van der Waals surface area contributed by atoms with Gasteiger partial charge in [-0.2, -0.15) is 0 Å². The third-order valence-corrected chi connectivity index (χ3v) is 7.83. The minimum absolute atomic E-state index is 0.0494. The van der Waals surface area contributed by atoms with Crippen molar-refractivity contribution in [3.63, 3.8) is 0 Å². The zero-order chi connectivity index (χ0) is 22.4. The zero-order valence-electron chi connectivity index (χ0n) is 16.9. The number of benzene rings is 1. The average molecular weight is 456 g/mol. The lowest BCUT2D eigenvalue weighted by atomic mass is 9.84. The van der Waals surface area contributed by atoms with Crippen LogP contribution in [0, 0.1) is 5.92 Å². The molecule has 0 radical (unpaired) electrons. The van der Waals surface area contributed by atoms with Crippen LogP contribution in [-0.2, 0) is 16.6 Å². The summed E-state index contributed by atoms with van der Waals surface area (Å²) >= 11 is 0. The van der Waals surface area contributed by atoms with Crippen LogP contribution in [0.15, 0.2) is 41.2 Å². The number of ether oxygens (including phenoxy) is 1. The third-order valence-electron chi connectivity index (χ3n) is 5.83. The SMILES string of the molecule is CCCS(=O)(=O)N1CC2CC(C1)c1ccc(-c3ccc(OC(F)(F)F)cc3)c(=O)n1C2. The van der Waals surface area contributed by atoms with Crippen molar-refractivity contribution in [3.8, 4) is 16.9 Å². The summed E-state index contributed by atoms with van der Waals surface area (Å²) < 4.78 is 69.3. The monoisotopic (exact) mass is 456 g/mol. The first-order valence-electron chi connectivity index (χ1n) is 10.1. The average Bonchev–Trinajstić information content (AvgIpc) is 2.68. The highest BCUT2D eigenvalue weighted by Crippen LogP contribution is 2.37. The number of hydrogen-bond donors (Lipinski definition) is 0. The molecular weight excluding hydrogens is 433 g/mol. The van der Waals surface area contributed by atoms with E-state index in [-0.39, 0.29) is 28.9 Å². The predicted molar refractivity (Wildman–Crippen MR) is 109 cm³/mol. The molecule has 2 unspecified atom stereocenters. The molecule has 2 atom stereocenters. The van der Waals surface area contributed by atoms with E-state index in [1.807, 2.05) is 13.0 Å². The molecule has 168 valence electrons. The van der Waals surface area contributed by atoms with Gasteiger partial charge in [-0.3, -0.25) is 4.79 Å². The van der Waals surface area contributed by atoms with Crippen molar-refractivity contribution in [1.82, 2.24) is 8.87 Å². The minimum Gasteiger partial charge on any atom is -0.406 e. The minimum atomic E-state index is -4.77. The lowest BCUT2D eigenvalue weighted by molar-refractivity contribution is -0.274. The number of halogens is 3. The molecule has 4 rings (SSSR count). The van der Waals surface area contributed by atoms with Gasteiger partial charge >= 0.3 is 6.36 Å².